The van der Waals surface area contributed by atoms with Crippen molar-refractivity contribution >= 4 is 11.9 Å². The number of hydrogen-bond acceptors (Lipinski definition) is 3. The molecule has 1 aromatic rings. The van der Waals surface area contributed by atoms with Crippen LogP contribution in [0.3, 0.4) is 0 Å². The average Bonchev–Trinajstić information content (AvgIpc) is 2.54. The Hall–Kier alpha value is -1.82. The molecule has 0 saturated heterocycles. The van der Waals surface area contributed by atoms with Gasteiger partial charge in [0.1, 0.15) is 5.69 Å². The minimum atomic E-state index is -1.07. The maximum atomic E-state index is 12.0. The molecule has 1 heterocycles. The Kier molecular flexibility index (Phi) is 4.49. The number of aryl methyl sites for hydroxylation is 1. The fourth-order valence-electron chi connectivity index (χ4n) is 1.89. The van der Waals surface area contributed by atoms with Crippen LogP contribution < -0.4 is 5.32 Å². The minimum Gasteiger partial charge on any atom is -0.477 e. The highest BCUT2D eigenvalue weighted by Gasteiger charge is 2.22. The fourth-order valence-corrected chi connectivity index (χ4v) is 1.89. The molecule has 0 spiro atoms. The Labute approximate surface area is 105 Å². The predicted octanol–water partition coefficient (Wildman–Crippen LogP) is 1.09. The average molecular weight is 254 g/mol. The van der Waals surface area contributed by atoms with Crippen LogP contribution in [0.4, 0.5) is 0 Å². The largest absolute Gasteiger partial charge is 0.477 e. The number of ether oxygens (including phenoxy) is 1. The molecule has 18 heavy (non-hydrogen) atoms. The van der Waals surface area contributed by atoms with E-state index in [0.29, 0.717) is 23.4 Å². The SMILES string of the molecule is COCC(C)NC(=O)c1c(C)[nH]c(C(=O)O)c1C. The quantitative estimate of drug-likeness (QED) is 0.733. The van der Waals surface area contributed by atoms with E-state index in [2.05, 4.69) is 10.3 Å². The van der Waals surface area contributed by atoms with E-state index in [4.69, 9.17) is 9.84 Å². The van der Waals surface area contributed by atoms with Crippen molar-refractivity contribution in [1.29, 1.82) is 0 Å². The van der Waals surface area contributed by atoms with Crippen molar-refractivity contribution in [3.05, 3.63) is 22.5 Å². The standard InChI is InChI=1S/C12H18N2O4/c1-6(5-18-4)13-11(15)9-7(2)10(12(16)17)14-8(9)3/h6,14H,5H2,1-4H3,(H,13,15)(H,16,17). The Morgan fingerprint density at radius 1 is 1.44 bits per heavy atom. The van der Waals surface area contributed by atoms with Gasteiger partial charge in [0.2, 0.25) is 0 Å². The van der Waals surface area contributed by atoms with Gasteiger partial charge in [0.25, 0.3) is 5.91 Å². The smallest absolute Gasteiger partial charge is 0.352 e. The third-order valence-electron chi connectivity index (χ3n) is 2.67. The maximum Gasteiger partial charge on any atom is 0.352 e. The number of nitrogens with one attached hydrogen (secondary N) is 2. The van der Waals surface area contributed by atoms with E-state index < -0.39 is 5.97 Å². The third kappa shape index (κ3) is 2.89. The first-order valence-corrected chi connectivity index (χ1v) is 5.60. The lowest BCUT2D eigenvalue weighted by Gasteiger charge is -2.13. The first-order chi connectivity index (χ1) is 8.38. The van der Waals surface area contributed by atoms with Crippen molar-refractivity contribution in [3.8, 4) is 0 Å². The van der Waals surface area contributed by atoms with Crippen LogP contribution in [0.15, 0.2) is 0 Å². The van der Waals surface area contributed by atoms with Crippen molar-refractivity contribution in [2.45, 2.75) is 26.8 Å². The molecular formula is C12H18N2O4. The van der Waals surface area contributed by atoms with Gasteiger partial charge in [-0.05, 0) is 26.3 Å². The molecule has 6 nitrogen and oxygen atoms in total. The van der Waals surface area contributed by atoms with Gasteiger partial charge in [-0.1, -0.05) is 0 Å². The van der Waals surface area contributed by atoms with Crippen LogP contribution in [0.2, 0.25) is 0 Å². The number of aromatic carboxylic acids is 1. The molecule has 1 unspecified atom stereocenters. The molecule has 0 aliphatic heterocycles. The summed E-state index contributed by atoms with van der Waals surface area (Å²) in [6.45, 7) is 5.51. The zero-order chi connectivity index (χ0) is 13.9. The van der Waals surface area contributed by atoms with Gasteiger partial charge in [0.05, 0.1) is 12.2 Å². The van der Waals surface area contributed by atoms with E-state index >= 15 is 0 Å². The zero-order valence-electron chi connectivity index (χ0n) is 11.0. The molecular weight excluding hydrogens is 236 g/mol. The van der Waals surface area contributed by atoms with Gasteiger partial charge in [0, 0.05) is 18.8 Å². The number of amides is 1. The third-order valence-corrected chi connectivity index (χ3v) is 2.67. The molecule has 100 valence electrons. The van der Waals surface area contributed by atoms with Crippen LogP contribution in [-0.4, -0.2) is 41.7 Å². The summed E-state index contributed by atoms with van der Waals surface area (Å²) in [5.74, 6) is -1.36. The van der Waals surface area contributed by atoms with E-state index in [-0.39, 0.29) is 17.6 Å². The molecule has 0 bridgehead atoms. The van der Waals surface area contributed by atoms with Crippen molar-refractivity contribution in [2.24, 2.45) is 0 Å². The summed E-state index contributed by atoms with van der Waals surface area (Å²) in [6, 6.07) is -0.135. The number of hydrogen-bond donors (Lipinski definition) is 3. The number of aromatic amines is 1. The number of rotatable bonds is 5. The number of carboxylic acids is 1. The molecule has 0 aliphatic carbocycles. The van der Waals surface area contributed by atoms with E-state index in [9.17, 15) is 9.59 Å². The molecule has 0 radical (unpaired) electrons. The summed E-state index contributed by atoms with van der Waals surface area (Å²) in [4.78, 5) is 25.7. The van der Waals surface area contributed by atoms with Gasteiger partial charge in [-0.15, -0.1) is 0 Å². The second-order valence-corrected chi connectivity index (χ2v) is 4.26. The molecule has 0 saturated carbocycles. The van der Waals surface area contributed by atoms with Crippen LogP contribution >= 0.6 is 0 Å². The molecule has 0 aliphatic rings. The van der Waals surface area contributed by atoms with Crippen molar-refractivity contribution in [2.75, 3.05) is 13.7 Å². The number of carbonyl (C=O) groups excluding carboxylic acids is 1. The van der Waals surface area contributed by atoms with Gasteiger partial charge >= 0.3 is 5.97 Å². The van der Waals surface area contributed by atoms with Crippen molar-refractivity contribution in [1.82, 2.24) is 10.3 Å². The normalized spacial score (nSPS) is 12.2. The number of carboxylic acid groups (broad SMARTS) is 1. The summed E-state index contributed by atoms with van der Waals surface area (Å²) in [7, 11) is 1.55. The van der Waals surface area contributed by atoms with E-state index in [1.165, 1.54) is 0 Å². The predicted molar refractivity (Wildman–Crippen MR) is 66.0 cm³/mol. The van der Waals surface area contributed by atoms with E-state index in [1.54, 1.807) is 21.0 Å². The number of carbonyl (C=O) groups is 2. The molecule has 1 rings (SSSR count). The first-order valence-electron chi connectivity index (χ1n) is 5.60. The molecule has 0 fully saturated rings. The fraction of sp³-hybridized carbons (Fsp3) is 0.500. The molecule has 1 atom stereocenters. The summed E-state index contributed by atoms with van der Waals surface area (Å²) < 4.78 is 4.93. The highest BCUT2D eigenvalue weighted by molar-refractivity contribution is 6.00. The number of H-pyrrole nitrogens is 1. The Balaban J connectivity index is 2.96. The first kappa shape index (κ1) is 14.2. The van der Waals surface area contributed by atoms with Crippen LogP contribution in [-0.2, 0) is 4.74 Å². The number of methoxy groups -OCH3 is 1. The van der Waals surface area contributed by atoms with Crippen LogP contribution in [0.25, 0.3) is 0 Å². The maximum absolute atomic E-state index is 12.0. The van der Waals surface area contributed by atoms with Gasteiger partial charge in [-0.3, -0.25) is 4.79 Å². The second-order valence-electron chi connectivity index (χ2n) is 4.26. The zero-order valence-corrected chi connectivity index (χ0v) is 11.0. The van der Waals surface area contributed by atoms with Crippen molar-refractivity contribution in [3.63, 3.8) is 0 Å². The lowest BCUT2D eigenvalue weighted by molar-refractivity contribution is 0.0690. The molecule has 1 amide bonds. The van der Waals surface area contributed by atoms with Gasteiger partial charge in [-0.2, -0.15) is 0 Å². The lowest BCUT2D eigenvalue weighted by atomic mass is 10.1. The molecule has 0 aromatic carbocycles. The molecule has 3 N–H and O–H groups in total. The number of aromatic nitrogens is 1. The Morgan fingerprint density at radius 2 is 2.06 bits per heavy atom. The topological polar surface area (TPSA) is 91.4 Å². The lowest BCUT2D eigenvalue weighted by Crippen LogP contribution is -2.36. The summed E-state index contributed by atoms with van der Waals surface area (Å²) in [5.41, 5.74) is 1.43. The van der Waals surface area contributed by atoms with Gasteiger partial charge in [0.15, 0.2) is 0 Å². The summed E-state index contributed by atoms with van der Waals surface area (Å²) in [5, 5.41) is 11.7. The van der Waals surface area contributed by atoms with E-state index in [0.717, 1.165) is 0 Å². The highest BCUT2D eigenvalue weighted by Crippen LogP contribution is 2.17. The molecule has 6 heteroatoms. The summed E-state index contributed by atoms with van der Waals surface area (Å²) >= 11 is 0. The van der Waals surface area contributed by atoms with Gasteiger partial charge < -0.3 is 20.1 Å². The molecule has 1 aromatic heterocycles. The van der Waals surface area contributed by atoms with E-state index in [1.807, 2.05) is 6.92 Å². The van der Waals surface area contributed by atoms with Crippen LogP contribution in [0, 0.1) is 13.8 Å². The van der Waals surface area contributed by atoms with Crippen LogP contribution in [0.1, 0.15) is 39.0 Å². The Bertz CT molecular complexity index is 465. The highest BCUT2D eigenvalue weighted by atomic mass is 16.5. The summed E-state index contributed by atoms with van der Waals surface area (Å²) in [6.07, 6.45) is 0. The minimum absolute atomic E-state index is 0.0528. The monoisotopic (exact) mass is 254 g/mol. The Morgan fingerprint density at radius 3 is 2.50 bits per heavy atom. The van der Waals surface area contributed by atoms with Crippen LogP contribution in [0.5, 0.6) is 0 Å². The van der Waals surface area contributed by atoms with Crippen molar-refractivity contribution < 1.29 is 19.4 Å². The van der Waals surface area contributed by atoms with Gasteiger partial charge in [-0.25, -0.2) is 4.79 Å². The second kappa shape index (κ2) is 5.68.